The van der Waals surface area contributed by atoms with Gasteiger partial charge in [-0.05, 0) is 6.42 Å². The summed E-state index contributed by atoms with van der Waals surface area (Å²) in [6.45, 7) is 0.0318. The number of aldehydes is 1. The summed E-state index contributed by atoms with van der Waals surface area (Å²) >= 11 is 5.23. The molecule has 1 N–H and O–H groups in total. The van der Waals surface area contributed by atoms with E-state index in [-0.39, 0.29) is 11.6 Å². The van der Waals surface area contributed by atoms with Gasteiger partial charge in [0.05, 0.1) is 5.03 Å². The third kappa shape index (κ3) is 3.84. The Bertz CT molecular complexity index is 98.6. The van der Waals surface area contributed by atoms with E-state index in [0.29, 0.717) is 12.7 Å². The number of aliphatic hydroxyl groups excluding tert-OH is 1. The average molecular weight is 135 g/mol. The van der Waals surface area contributed by atoms with E-state index in [0.717, 1.165) is 0 Å². The van der Waals surface area contributed by atoms with E-state index in [2.05, 4.69) is 0 Å². The highest BCUT2D eigenvalue weighted by Gasteiger charge is 1.83. The maximum absolute atomic E-state index is 9.73. The van der Waals surface area contributed by atoms with Crippen LogP contribution in [0.3, 0.4) is 0 Å². The molecule has 0 amide bonds. The summed E-state index contributed by atoms with van der Waals surface area (Å²) in [5.74, 6) is 0. The van der Waals surface area contributed by atoms with Gasteiger partial charge in [0.1, 0.15) is 0 Å². The molecule has 2 nitrogen and oxygen atoms in total. The standard InChI is InChI=1S/C5H7ClO2/c6-5(4-8)2-1-3-7/h2,4,7H,1,3H2/b5-2-. The summed E-state index contributed by atoms with van der Waals surface area (Å²) in [4.78, 5) is 9.73. The van der Waals surface area contributed by atoms with Gasteiger partial charge in [-0.2, -0.15) is 0 Å². The Morgan fingerprint density at radius 1 is 1.75 bits per heavy atom. The molecule has 0 rings (SSSR count). The molecule has 0 saturated carbocycles. The number of halogens is 1. The van der Waals surface area contributed by atoms with Gasteiger partial charge in [-0.15, -0.1) is 0 Å². The van der Waals surface area contributed by atoms with Crippen molar-refractivity contribution in [3.63, 3.8) is 0 Å². The molecule has 46 valence electrons. The highest BCUT2D eigenvalue weighted by Crippen LogP contribution is 1.96. The van der Waals surface area contributed by atoms with Crippen LogP contribution in [0.5, 0.6) is 0 Å². The van der Waals surface area contributed by atoms with Gasteiger partial charge in [0.15, 0.2) is 6.29 Å². The monoisotopic (exact) mass is 134 g/mol. The van der Waals surface area contributed by atoms with E-state index in [1.54, 1.807) is 0 Å². The van der Waals surface area contributed by atoms with Crippen LogP contribution < -0.4 is 0 Å². The first kappa shape index (κ1) is 7.66. The van der Waals surface area contributed by atoms with Crippen molar-refractivity contribution in [2.24, 2.45) is 0 Å². The van der Waals surface area contributed by atoms with Crippen molar-refractivity contribution in [3.8, 4) is 0 Å². The van der Waals surface area contributed by atoms with Crippen LogP contribution in [0, 0.1) is 0 Å². The summed E-state index contributed by atoms with van der Waals surface area (Å²) in [6.07, 6.45) is 2.45. The van der Waals surface area contributed by atoms with Gasteiger partial charge >= 0.3 is 0 Å². The van der Waals surface area contributed by atoms with Crippen molar-refractivity contribution < 1.29 is 9.90 Å². The molecule has 0 atom stereocenters. The lowest BCUT2D eigenvalue weighted by atomic mass is 10.4. The molecule has 0 fully saturated rings. The number of allylic oxidation sites excluding steroid dienone is 1. The Kier molecular flexibility index (Phi) is 4.61. The smallest absolute Gasteiger partial charge is 0.161 e. The van der Waals surface area contributed by atoms with Crippen molar-refractivity contribution in [1.29, 1.82) is 0 Å². The van der Waals surface area contributed by atoms with Gasteiger partial charge in [-0.3, -0.25) is 4.79 Å². The summed E-state index contributed by atoms with van der Waals surface area (Å²) < 4.78 is 0. The minimum Gasteiger partial charge on any atom is -0.396 e. The highest BCUT2D eigenvalue weighted by molar-refractivity contribution is 6.38. The zero-order chi connectivity index (χ0) is 6.41. The van der Waals surface area contributed by atoms with Gasteiger partial charge < -0.3 is 5.11 Å². The second kappa shape index (κ2) is 4.81. The van der Waals surface area contributed by atoms with Crippen molar-refractivity contribution in [2.45, 2.75) is 6.42 Å². The number of hydrogen-bond acceptors (Lipinski definition) is 2. The molecule has 0 unspecified atom stereocenters. The SMILES string of the molecule is O=C/C(Cl)=C/CCO. The molecule has 0 radical (unpaired) electrons. The van der Waals surface area contributed by atoms with Gasteiger partial charge in [-0.1, -0.05) is 17.7 Å². The van der Waals surface area contributed by atoms with E-state index in [1.165, 1.54) is 6.08 Å². The third-order valence-corrected chi connectivity index (χ3v) is 0.824. The summed E-state index contributed by atoms with van der Waals surface area (Å²) in [5.41, 5.74) is 0. The first-order chi connectivity index (χ1) is 3.81. The maximum Gasteiger partial charge on any atom is 0.161 e. The van der Waals surface area contributed by atoms with Crippen molar-refractivity contribution in [3.05, 3.63) is 11.1 Å². The average Bonchev–Trinajstić information content (AvgIpc) is 1.83. The lowest BCUT2D eigenvalue weighted by Gasteiger charge is -1.82. The van der Waals surface area contributed by atoms with E-state index in [1.807, 2.05) is 0 Å². The molecule has 8 heavy (non-hydrogen) atoms. The summed E-state index contributed by atoms with van der Waals surface area (Å²) in [5, 5.41) is 8.34. The lowest BCUT2D eigenvalue weighted by molar-refractivity contribution is -0.104. The fraction of sp³-hybridized carbons (Fsp3) is 0.400. The first-order valence-corrected chi connectivity index (χ1v) is 2.60. The van der Waals surface area contributed by atoms with E-state index in [4.69, 9.17) is 16.7 Å². The maximum atomic E-state index is 9.73. The molecule has 0 bridgehead atoms. The lowest BCUT2D eigenvalue weighted by Crippen LogP contribution is -1.78. The second-order valence-electron chi connectivity index (χ2n) is 1.22. The molecule has 3 heteroatoms. The Balaban J connectivity index is 3.40. The normalized spacial score (nSPS) is 11.5. The largest absolute Gasteiger partial charge is 0.396 e. The van der Waals surface area contributed by atoms with E-state index >= 15 is 0 Å². The van der Waals surface area contributed by atoms with Gasteiger partial charge in [0.2, 0.25) is 0 Å². The number of carbonyl (C=O) groups excluding carboxylic acids is 1. The zero-order valence-electron chi connectivity index (χ0n) is 4.30. The van der Waals surface area contributed by atoms with Crippen LogP contribution in [0.1, 0.15) is 6.42 Å². The molecule has 0 aliphatic heterocycles. The van der Waals surface area contributed by atoms with Gasteiger partial charge in [0, 0.05) is 6.61 Å². The van der Waals surface area contributed by atoms with E-state index < -0.39 is 0 Å². The Morgan fingerprint density at radius 3 is 2.75 bits per heavy atom. The van der Waals surface area contributed by atoms with E-state index in [9.17, 15) is 4.79 Å². The molecule has 0 heterocycles. The molecule has 0 aromatic heterocycles. The van der Waals surface area contributed by atoms with Crippen LogP contribution in [0.4, 0.5) is 0 Å². The number of aliphatic hydroxyl groups is 1. The minimum atomic E-state index is 0.0318. The number of rotatable bonds is 3. The quantitative estimate of drug-likeness (QED) is 0.456. The number of hydrogen-bond donors (Lipinski definition) is 1. The molecule has 0 aliphatic carbocycles. The van der Waals surface area contributed by atoms with Crippen LogP contribution in [0.2, 0.25) is 0 Å². The molecule has 0 saturated heterocycles. The molecule has 0 aliphatic rings. The molecule has 0 spiro atoms. The fourth-order valence-corrected chi connectivity index (χ4v) is 0.360. The van der Waals surface area contributed by atoms with Crippen LogP contribution in [0.15, 0.2) is 11.1 Å². The highest BCUT2D eigenvalue weighted by atomic mass is 35.5. The predicted molar refractivity (Wildman–Crippen MR) is 31.7 cm³/mol. The van der Waals surface area contributed by atoms with Crippen molar-refractivity contribution in [1.82, 2.24) is 0 Å². The predicted octanol–water partition coefficient (Wildman–Crippen LogP) is 0.690. The number of carbonyl (C=O) groups is 1. The molecule has 0 aromatic carbocycles. The molecular weight excluding hydrogens is 128 g/mol. The third-order valence-electron chi connectivity index (χ3n) is 0.581. The van der Waals surface area contributed by atoms with Crippen LogP contribution in [0.25, 0.3) is 0 Å². The Labute approximate surface area is 52.8 Å². The Morgan fingerprint density at radius 2 is 2.38 bits per heavy atom. The van der Waals surface area contributed by atoms with Crippen LogP contribution in [-0.4, -0.2) is 18.0 Å². The van der Waals surface area contributed by atoms with Crippen molar-refractivity contribution >= 4 is 17.9 Å². The summed E-state index contributed by atoms with van der Waals surface area (Å²) in [7, 11) is 0. The summed E-state index contributed by atoms with van der Waals surface area (Å²) in [6, 6.07) is 0. The van der Waals surface area contributed by atoms with Gasteiger partial charge in [-0.25, -0.2) is 0 Å². The van der Waals surface area contributed by atoms with Crippen molar-refractivity contribution in [2.75, 3.05) is 6.61 Å². The second-order valence-corrected chi connectivity index (χ2v) is 1.66. The Hall–Kier alpha value is -0.340. The minimum absolute atomic E-state index is 0.0318. The zero-order valence-corrected chi connectivity index (χ0v) is 5.06. The molecule has 0 aromatic rings. The van der Waals surface area contributed by atoms with Crippen LogP contribution in [-0.2, 0) is 4.79 Å². The topological polar surface area (TPSA) is 37.3 Å². The first-order valence-electron chi connectivity index (χ1n) is 2.23. The van der Waals surface area contributed by atoms with Gasteiger partial charge in [0.25, 0.3) is 0 Å². The fourth-order valence-electron chi connectivity index (χ4n) is 0.251. The van der Waals surface area contributed by atoms with Crippen LogP contribution >= 0.6 is 11.6 Å². The molecular formula is C5H7ClO2.